The molecule has 0 spiro atoms. The molecule has 0 saturated heterocycles. The maximum atomic E-state index is 12.0. The van der Waals surface area contributed by atoms with Crippen LogP contribution in [-0.4, -0.2) is 37.6 Å². The third-order valence-electron chi connectivity index (χ3n) is 2.97. The molecule has 0 aliphatic rings. The molecule has 0 amide bonds. The van der Waals surface area contributed by atoms with Crippen molar-refractivity contribution >= 4 is 24.9 Å². The number of nitrogens with zero attached hydrogens (tertiary/aromatic N) is 1. The summed E-state index contributed by atoms with van der Waals surface area (Å²) in [5, 5.41) is 7.51. The van der Waals surface area contributed by atoms with Gasteiger partial charge in [0.05, 0.1) is 17.3 Å². The highest BCUT2D eigenvalue weighted by Crippen LogP contribution is 2.17. The van der Waals surface area contributed by atoms with Crippen LogP contribution in [0.5, 0.6) is 0 Å². The zero-order valence-corrected chi connectivity index (χ0v) is 13.1. The summed E-state index contributed by atoms with van der Waals surface area (Å²) in [6.07, 6.45) is 1.62. The number of H-pyrrole nitrogens is 1. The van der Waals surface area contributed by atoms with Crippen molar-refractivity contribution in [2.24, 2.45) is 0 Å². The average Bonchev–Trinajstić information content (AvgIpc) is 2.84. The van der Waals surface area contributed by atoms with Gasteiger partial charge in [0.25, 0.3) is 0 Å². The van der Waals surface area contributed by atoms with Crippen LogP contribution in [0.4, 0.5) is 0 Å². The summed E-state index contributed by atoms with van der Waals surface area (Å²) in [5.74, 6) is -0.384. The lowest BCUT2D eigenvalue weighted by molar-refractivity contribution is -0.0274. The number of benzene rings is 1. The minimum Gasteiger partial charge on any atom is -0.435 e. The molecule has 0 atom stereocenters. The van der Waals surface area contributed by atoms with Crippen molar-refractivity contribution in [2.75, 3.05) is 13.4 Å². The second-order valence-corrected chi connectivity index (χ2v) is 11.5. The molecule has 20 heavy (non-hydrogen) atoms. The summed E-state index contributed by atoms with van der Waals surface area (Å²) in [5.41, 5.74) is 1.32. The highest BCUT2D eigenvalue weighted by atomic mass is 28.3. The van der Waals surface area contributed by atoms with Gasteiger partial charge >= 0.3 is 5.97 Å². The van der Waals surface area contributed by atoms with Crippen molar-refractivity contribution in [3.63, 3.8) is 0 Å². The van der Waals surface area contributed by atoms with E-state index < -0.39 is 8.07 Å². The Morgan fingerprint density at radius 1 is 1.35 bits per heavy atom. The van der Waals surface area contributed by atoms with Gasteiger partial charge in [-0.05, 0) is 18.2 Å². The number of aromatic nitrogens is 2. The van der Waals surface area contributed by atoms with Crippen LogP contribution in [0.25, 0.3) is 10.9 Å². The number of esters is 1. The summed E-state index contributed by atoms with van der Waals surface area (Å²) in [4.78, 5) is 12.0. The number of fused-ring (bicyclic) bond motifs is 1. The zero-order valence-electron chi connectivity index (χ0n) is 12.1. The molecule has 0 bridgehead atoms. The fourth-order valence-electron chi connectivity index (χ4n) is 1.76. The van der Waals surface area contributed by atoms with Gasteiger partial charge in [-0.3, -0.25) is 5.10 Å². The minimum absolute atomic E-state index is 0.00243. The van der Waals surface area contributed by atoms with Gasteiger partial charge in [0.1, 0.15) is 0 Å². The monoisotopic (exact) mass is 292 g/mol. The Morgan fingerprint density at radius 3 is 2.90 bits per heavy atom. The first-order valence-electron chi connectivity index (χ1n) is 6.64. The Kier molecular flexibility index (Phi) is 4.56. The largest absolute Gasteiger partial charge is 0.435 e. The van der Waals surface area contributed by atoms with Crippen molar-refractivity contribution in [3.8, 4) is 0 Å². The fraction of sp³-hybridized carbons (Fsp3) is 0.429. The van der Waals surface area contributed by atoms with Gasteiger partial charge in [-0.2, -0.15) is 5.10 Å². The fourth-order valence-corrected chi connectivity index (χ4v) is 2.51. The van der Waals surface area contributed by atoms with Crippen LogP contribution >= 0.6 is 0 Å². The molecule has 0 saturated carbocycles. The van der Waals surface area contributed by atoms with Gasteiger partial charge in [-0.1, -0.05) is 25.7 Å². The highest BCUT2D eigenvalue weighted by Gasteiger charge is 2.14. The van der Waals surface area contributed by atoms with Crippen LogP contribution in [-0.2, 0) is 9.47 Å². The van der Waals surface area contributed by atoms with Crippen LogP contribution < -0.4 is 0 Å². The molecule has 108 valence electrons. The number of carbonyl (C=O) groups is 1. The summed E-state index contributed by atoms with van der Waals surface area (Å²) in [7, 11) is -1.10. The van der Waals surface area contributed by atoms with Gasteiger partial charge in [0, 0.05) is 20.1 Å². The van der Waals surface area contributed by atoms with Gasteiger partial charge in [-0.15, -0.1) is 0 Å². The first kappa shape index (κ1) is 14.7. The molecule has 5 nitrogen and oxygen atoms in total. The lowest BCUT2D eigenvalue weighted by Gasteiger charge is -2.15. The summed E-state index contributed by atoms with van der Waals surface area (Å²) in [6.45, 7) is 7.47. The average molecular weight is 292 g/mol. The maximum Gasteiger partial charge on any atom is 0.340 e. The number of ether oxygens (including phenoxy) is 2. The standard InChI is InChI=1S/C14H20N2O3Si/c1-20(2,3)8-7-18-10-19-14(17)11-5-4-6-13-12(11)9-15-16-13/h4-6,9H,7-8,10H2,1-3H3,(H,15,16). The predicted octanol–water partition coefficient (Wildman–Crippen LogP) is 3.03. The number of aromatic amines is 1. The van der Waals surface area contributed by atoms with Gasteiger partial charge in [0.2, 0.25) is 0 Å². The predicted molar refractivity (Wildman–Crippen MR) is 80.5 cm³/mol. The third kappa shape index (κ3) is 3.91. The molecular formula is C14H20N2O3Si. The number of rotatable bonds is 6. The van der Waals surface area contributed by atoms with E-state index in [9.17, 15) is 4.79 Å². The van der Waals surface area contributed by atoms with Gasteiger partial charge in [0.15, 0.2) is 6.79 Å². The molecule has 6 heteroatoms. The van der Waals surface area contributed by atoms with Crippen molar-refractivity contribution in [2.45, 2.75) is 25.7 Å². The van der Waals surface area contributed by atoms with E-state index >= 15 is 0 Å². The van der Waals surface area contributed by atoms with Crippen molar-refractivity contribution in [1.82, 2.24) is 10.2 Å². The Balaban J connectivity index is 1.85. The molecule has 1 N–H and O–H groups in total. The smallest absolute Gasteiger partial charge is 0.340 e. The lowest BCUT2D eigenvalue weighted by atomic mass is 10.1. The Bertz CT molecular complexity index is 589. The molecule has 1 aromatic carbocycles. The van der Waals surface area contributed by atoms with Crippen LogP contribution in [0, 0.1) is 0 Å². The maximum absolute atomic E-state index is 12.0. The van der Waals surface area contributed by atoms with Crippen molar-refractivity contribution in [3.05, 3.63) is 30.0 Å². The normalized spacial score (nSPS) is 11.8. The SMILES string of the molecule is C[Si](C)(C)CCOCOC(=O)c1cccc2[nH]ncc12. The zero-order chi connectivity index (χ0) is 14.6. The molecule has 0 radical (unpaired) electrons. The summed E-state index contributed by atoms with van der Waals surface area (Å²) in [6, 6.07) is 6.44. The molecule has 1 heterocycles. The molecule has 0 fully saturated rings. The van der Waals surface area contributed by atoms with Crippen LogP contribution in [0.1, 0.15) is 10.4 Å². The van der Waals surface area contributed by atoms with Crippen molar-refractivity contribution in [1.29, 1.82) is 0 Å². The van der Waals surface area contributed by atoms with E-state index in [-0.39, 0.29) is 12.8 Å². The van der Waals surface area contributed by atoms with E-state index in [1.165, 1.54) is 0 Å². The first-order valence-corrected chi connectivity index (χ1v) is 10.3. The Morgan fingerprint density at radius 2 is 2.15 bits per heavy atom. The second kappa shape index (κ2) is 6.19. The Labute approximate surface area is 119 Å². The number of hydrogen-bond donors (Lipinski definition) is 1. The number of nitrogens with one attached hydrogen (secondary N) is 1. The molecular weight excluding hydrogens is 272 g/mol. The minimum atomic E-state index is -1.10. The van der Waals surface area contributed by atoms with Gasteiger partial charge in [-0.25, -0.2) is 4.79 Å². The van der Waals surface area contributed by atoms with E-state index in [0.717, 1.165) is 16.9 Å². The summed E-state index contributed by atoms with van der Waals surface area (Å²) >= 11 is 0. The van der Waals surface area contributed by atoms with Crippen LogP contribution in [0.15, 0.2) is 24.4 Å². The quantitative estimate of drug-likeness (QED) is 0.385. The van der Waals surface area contributed by atoms with E-state index in [2.05, 4.69) is 29.8 Å². The molecule has 0 unspecified atom stereocenters. The molecule has 0 aliphatic heterocycles. The first-order chi connectivity index (χ1) is 9.47. The second-order valence-electron chi connectivity index (χ2n) is 5.91. The van der Waals surface area contributed by atoms with Crippen LogP contribution in [0.2, 0.25) is 25.7 Å². The molecule has 1 aromatic heterocycles. The lowest BCUT2D eigenvalue weighted by Crippen LogP contribution is -2.22. The third-order valence-corrected chi connectivity index (χ3v) is 4.68. The molecule has 2 rings (SSSR count). The van der Waals surface area contributed by atoms with E-state index in [4.69, 9.17) is 9.47 Å². The number of carbonyl (C=O) groups excluding carboxylic acids is 1. The van der Waals surface area contributed by atoms with E-state index in [1.807, 2.05) is 6.07 Å². The highest BCUT2D eigenvalue weighted by molar-refractivity contribution is 6.76. The topological polar surface area (TPSA) is 64.2 Å². The molecule has 2 aromatic rings. The van der Waals surface area contributed by atoms with Crippen LogP contribution in [0.3, 0.4) is 0 Å². The van der Waals surface area contributed by atoms with E-state index in [0.29, 0.717) is 12.2 Å². The van der Waals surface area contributed by atoms with Gasteiger partial charge < -0.3 is 9.47 Å². The number of hydrogen-bond acceptors (Lipinski definition) is 4. The summed E-state index contributed by atoms with van der Waals surface area (Å²) < 4.78 is 10.5. The molecule has 0 aliphatic carbocycles. The van der Waals surface area contributed by atoms with Crippen molar-refractivity contribution < 1.29 is 14.3 Å². The Hall–Kier alpha value is -1.66. The van der Waals surface area contributed by atoms with E-state index in [1.54, 1.807) is 18.3 Å².